The zero-order valence-electron chi connectivity index (χ0n) is 19.2. The lowest BCUT2D eigenvalue weighted by atomic mass is 9.92. The number of anilines is 4. The van der Waals surface area contributed by atoms with Crippen molar-refractivity contribution in [1.29, 1.82) is 0 Å². The summed E-state index contributed by atoms with van der Waals surface area (Å²) < 4.78 is 0. The normalized spacial score (nSPS) is 18.5. The monoisotopic (exact) mass is 534 g/mol. The first-order valence-electron chi connectivity index (χ1n) is 10.9. The first kappa shape index (κ1) is 26.7. The van der Waals surface area contributed by atoms with Gasteiger partial charge in [-0.25, -0.2) is 9.98 Å². The maximum Gasteiger partial charge on any atom is 0.260 e. The molecule has 0 aromatic heterocycles. The number of nitrogens with zero attached hydrogens (tertiary/aromatic N) is 2. The molecule has 3 rings (SSSR count). The summed E-state index contributed by atoms with van der Waals surface area (Å²) >= 11 is 11.9. The predicted molar refractivity (Wildman–Crippen MR) is 145 cm³/mol. The van der Waals surface area contributed by atoms with Crippen LogP contribution in [-0.2, 0) is 0 Å². The van der Waals surface area contributed by atoms with E-state index in [-0.39, 0.29) is 67.9 Å². The van der Waals surface area contributed by atoms with E-state index in [1.807, 2.05) is 0 Å². The van der Waals surface area contributed by atoms with Gasteiger partial charge in [0.2, 0.25) is 0 Å². The fourth-order valence-corrected chi connectivity index (χ4v) is 4.08. The number of guanidine groups is 2. The Hall–Kier alpha value is -3.90. The van der Waals surface area contributed by atoms with Gasteiger partial charge in [-0.3, -0.25) is 20.2 Å². The van der Waals surface area contributed by atoms with Crippen LogP contribution in [0.2, 0.25) is 10.0 Å². The highest BCUT2D eigenvalue weighted by atomic mass is 35.5. The van der Waals surface area contributed by atoms with Gasteiger partial charge in [0.1, 0.15) is 0 Å². The van der Waals surface area contributed by atoms with Gasteiger partial charge in [-0.05, 0) is 49.9 Å². The molecule has 0 unspecified atom stereocenters. The number of carbonyl (C=O) groups excluding carboxylic acids is 2. The average Bonchev–Trinajstić information content (AvgIpc) is 2.79. The van der Waals surface area contributed by atoms with Gasteiger partial charge >= 0.3 is 0 Å². The van der Waals surface area contributed by atoms with Crippen molar-refractivity contribution in [2.75, 3.05) is 22.9 Å². The molecule has 0 atom stereocenters. The number of benzene rings is 2. The summed E-state index contributed by atoms with van der Waals surface area (Å²) in [5.41, 5.74) is 36.0. The zero-order valence-corrected chi connectivity index (χ0v) is 20.7. The lowest BCUT2D eigenvalue weighted by Crippen LogP contribution is -2.39. The number of carbonyl (C=O) groups is 2. The number of nitrogens with two attached hydrogens (primary N) is 6. The second-order valence-electron chi connectivity index (χ2n) is 8.32. The Labute approximate surface area is 217 Å². The molecule has 1 saturated carbocycles. The molecule has 0 saturated heterocycles. The number of halogens is 2. The van der Waals surface area contributed by atoms with E-state index < -0.39 is 11.8 Å². The second kappa shape index (κ2) is 11.2. The molecule has 0 heterocycles. The van der Waals surface area contributed by atoms with Crippen LogP contribution >= 0.6 is 23.2 Å². The van der Waals surface area contributed by atoms with Gasteiger partial charge in [-0.1, -0.05) is 23.2 Å². The van der Waals surface area contributed by atoms with E-state index in [0.29, 0.717) is 25.7 Å². The number of aliphatic imine (C=N–C) groups is 2. The third-order valence-electron chi connectivity index (χ3n) is 5.62. The lowest BCUT2D eigenvalue weighted by Gasteiger charge is -2.24. The molecule has 2 amide bonds. The first-order chi connectivity index (χ1) is 16.9. The number of nitrogen functional groups attached to an aromatic ring is 4. The number of rotatable bonds is 4. The van der Waals surface area contributed by atoms with Crippen molar-refractivity contribution < 1.29 is 9.59 Å². The maximum absolute atomic E-state index is 12.5. The summed E-state index contributed by atoms with van der Waals surface area (Å²) in [4.78, 5) is 33.7. The summed E-state index contributed by atoms with van der Waals surface area (Å²) in [6, 6.07) is 5.32. The molecule has 36 heavy (non-hydrogen) atoms. The fourth-order valence-electron chi connectivity index (χ4n) is 3.75. The van der Waals surface area contributed by atoms with Crippen LogP contribution in [0.1, 0.15) is 46.4 Å². The minimum atomic E-state index is -0.541. The van der Waals surface area contributed by atoms with Gasteiger partial charge in [-0.15, -0.1) is 0 Å². The van der Waals surface area contributed by atoms with Crippen LogP contribution in [0, 0.1) is 0 Å². The highest BCUT2D eigenvalue weighted by Crippen LogP contribution is 2.27. The first-order valence-corrected chi connectivity index (χ1v) is 11.7. The lowest BCUT2D eigenvalue weighted by molar-refractivity contribution is 0.0968. The van der Waals surface area contributed by atoms with E-state index in [4.69, 9.17) is 57.6 Å². The average molecular weight is 535 g/mol. The molecule has 1 fully saturated rings. The maximum atomic E-state index is 12.5. The van der Waals surface area contributed by atoms with Crippen LogP contribution in [0.5, 0.6) is 0 Å². The minimum absolute atomic E-state index is 0.0363. The molecule has 0 radical (unpaired) electrons. The molecule has 0 aliphatic heterocycles. The molecule has 1 aliphatic rings. The van der Waals surface area contributed by atoms with Crippen LogP contribution in [0.25, 0.3) is 0 Å². The summed E-state index contributed by atoms with van der Waals surface area (Å²) in [5.74, 6) is -1.15. The molecule has 14 N–H and O–H groups in total. The van der Waals surface area contributed by atoms with Gasteiger partial charge in [0.05, 0.1) is 44.6 Å². The third-order valence-corrected chi connectivity index (χ3v) is 6.27. The van der Waals surface area contributed by atoms with E-state index in [2.05, 4.69) is 20.6 Å². The number of hydrogen-bond acceptors (Lipinski definition) is 8. The number of hydrogen-bond donors (Lipinski definition) is 8. The Kier molecular flexibility index (Phi) is 8.33. The largest absolute Gasteiger partial charge is 0.398 e. The molecule has 14 heteroatoms. The van der Waals surface area contributed by atoms with E-state index >= 15 is 0 Å². The Bertz CT molecular complexity index is 1140. The molecule has 1 aliphatic carbocycles. The topological polar surface area (TPSA) is 239 Å². The van der Waals surface area contributed by atoms with Gasteiger partial charge < -0.3 is 34.4 Å². The molecular formula is C22H28Cl2N10O2. The molecule has 2 aromatic rings. The quantitative estimate of drug-likeness (QED) is 0.161. The number of nitrogens with one attached hydrogen (secondary N) is 2. The van der Waals surface area contributed by atoms with Crippen molar-refractivity contribution in [2.24, 2.45) is 21.5 Å². The molecule has 0 spiro atoms. The Balaban J connectivity index is 1.53. The van der Waals surface area contributed by atoms with E-state index in [0.717, 1.165) is 0 Å². The summed E-state index contributed by atoms with van der Waals surface area (Å²) in [5, 5.41) is 5.44. The van der Waals surface area contributed by atoms with Gasteiger partial charge in [0.15, 0.2) is 11.9 Å². The van der Waals surface area contributed by atoms with E-state index in [1.165, 1.54) is 24.3 Å². The van der Waals surface area contributed by atoms with Gasteiger partial charge in [0, 0.05) is 11.4 Å². The van der Waals surface area contributed by atoms with E-state index in [1.54, 1.807) is 0 Å². The van der Waals surface area contributed by atoms with Crippen LogP contribution in [0.3, 0.4) is 0 Å². The van der Waals surface area contributed by atoms with Crippen molar-refractivity contribution >= 4 is 69.7 Å². The van der Waals surface area contributed by atoms with Crippen LogP contribution in [0.15, 0.2) is 34.3 Å². The zero-order chi connectivity index (χ0) is 26.6. The molecule has 192 valence electrons. The van der Waals surface area contributed by atoms with Crippen molar-refractivity contribution in [2.45, 2.75) is 37.8 Å². The van der Waals surface area contributed by atoms with Crippen LogP contribution in [-0.4, -0.2) is 35.8 Å². The van der Waals surface area contributed by atoms with Crippen LogP contribution in [0.4, 0.5) is 22.7 Å². The smallest absolute Gasteiger partial charge is 0.260 e. The summed E-state index contributed by atoms with van der Waals surface area (Å²) in [7, 11) is 0. The van der Waals surface area contributed by atoms with Crippen molar-refractivity contribution in [3.63, 3.8) is 0 Å². The molecular weight excluding hydrogens is 507 g/mol. The van der Waals surface area contributed by atoms with Crippen molar-refractivity contribution in [3.05, 3.63) is 45.4 Å². The molecule has 2 aromatic carbocycles. The van der Waals surface area contributed by atoms with Gasteiger partial charge in [0.25, 0.3) is 11.8 Å². The molecule has 0 bridgehead atoms. The van der Waals surface area contributed by atoms with Crippen LogP contribution < -0.4 is 45.0 Å². The highest BCUT2D eigenvalue weighted by Gasteiger charge is 2.22. The van der Waals surface area contributed by atoms with Gasteiger partial charge in [-0.2, -0.15) is 0 Å². The Morgan fingerprint density at radius 3 is 1.33 bits per heavy atom. The second-order valence-corrected chi connectivity index (χ2v) is 9.14. The Morgan fingerprint density at radius 2 is 1.00 bits per heavy atom. The highest BCUT2D eigenvalue weighted by molar-refractivity contribution is 6.34. The third kappa shape index (κ3) is 6.61. The summed E-state index contributed by atoms with van der Waals surface area (Å²) in [6.45, 7) is 0. The SMILES string of the molecule is NC(=NC1CCC(N=C(N)NC(=O)c2cc(Cl)c(N)cc2N)CC1)NC(=O)c1cc(Cl)c(N)cc1N. The van der Waals surface area contributed by atoms with Crippen molar-refractivity contribution in [1.82, 2.24) is 10.6 Å². The molecule has 12 nitrogen and oxygen atoms in total. The van der Waals surface area contributed by atoms with E-state index in [9.17, 15) is 9.59 Å². The fraction of sp³-hybridized carbons (Fsp3) is 0.273. The summed E-state index contributed by atoms with van der Waals surface area (Å²) in [6.07, 6.45) is 2.62. The Morgan fingerprint density at radius 1 is 0.667 bits per heavy atom. The predicted octanol–water partition coefficient (Wildman–Crippen LogP) is 1.42. The van der Waals surface area contributed by atoms with Crippen molar-refractivity contribution in [3.8, 4) is 0 Å². The minimum Gasteiger partial charge on any atom is -0.398 e. The standard InChI is InChI=1S/C22H28Cl2N10O2/c23-13-5-11(15(25)7-17(13)27)19(35)33-21(29)31-9-1-2-10(4-3-9)32-22(30)34-20(36)12-6-14(24)18(28)8-16(12)26/h5-10H,1-4,25-28H2,(H3,29,31,33,35)(H3,30,32,34,36). The number of amides is 2.